The van der Waals surface area contributed by atoms with Crippen LogP contribution in [0.5, 0.6) is 0 Å². The van der Waals surface area contributed by atoms with Crippen LogP contribution in [0.25, 0.3) is 0 Å². The third-order valence-electron chi connectivity index (χ3n) is 3.81. The second-order valence-electron chi connectivity index (χ2n) is 5.35. The number of hydrogen-bond donors (Lipinski definition) is 0. The lowest BCUT2D eigenvalue weighted by Gasteiger charge is -2.19. The van der Waals surface area contributed by atoms with Gasteiger partial charge in [-0.05, 0) is 37.5 Å². The second-order valence-corrected chi connectivity index (χ2v) is 5.35. The molecule has 0 fully saturated rings. The normalized spacial score (nSPS) is 9.75. The van der Waals surface area contributed by atoms with Crippen LogP contribution >= 0.6 is 0 Å². The highest BCUT2D eigenvalue weighted by molar-refractivity contribution is 6.10. The average molecular weight is 319 g/mol. The molecule has 0 spiro atoms. The lowest BCUT2D eigenvalue weighted by Crippen LogP contribution is -2.32. The lowest BCUT2D eigenvalue weighted by atomic mass is 10.0. The highest BCUT2D eigenvalue weighted by Crippen LogP contribution is 2.12. The number of nitrogens with zero attached hydrogens (tertiary/aromatic N) is 1. The van der Waals surface area contributed by atoms with Gasteiger partial charge < -0.3 is 4.90 Å². The summed E-state index contributed by atoms with van der Waals surface area (Å²) in [6, 6.07) is 16.6. The van der Waals surface area contributed by atoms with E-state index in [4.69, 9.17) is 0 Å². The minimum absolute atomic E-state index is 0.0243. The minimum Gasteiger partial charge on any atom is -0.343 e. The molecule has 0 aliphatic rings. The zero-order chi connectivity index (χ0) is 17.4. The van der Waals surface area contributed by atoms with Gasteiger partial charge in [-0.1, -0.05) is 48.4 Å². The Kier molecular flexibility index (Phi) is 6.33. The van der Waals surface area contributed by atoms with Gasteiger partial charge in [0.05, 0.1) is 6.42 Å². The van der Waals surface area contributed by atoms with Gasteiger partial charge in [-0.2, -0.15) is 0 Å². The molecule has 0 heterocycles. The Bertz CT molecular complexity index is 765. The third-order valence-corrected chi connectivity index (χ3v) is 3.81. The summed E-state index contributed by atoms with van der Waals surface area (Å²) in [5.41, 5.74) is 2.02. The SMILES string of the molecule is CCN(CC)C(=O)Cc1ccccc1C(=O)C#Cc1ccccc1. The largest absolute Gasteiger partial charge is 0.343 e. The molecule has 2 rings (SSSR count). The van der Waals surface area contributed by atoms with Gasteiger partial charge in [-0.3, -0.25) is 9.59 Å². The molecule has 0 aromatic heterocycles. The van der Waals surface area contributed by atoms with E-state index in [1.165, 1.54) is 0 Å². The van der Waals surface area contributed by atoms with Gasteiger partial charge in [-0.25, -0.2) is 0 Å². The second kappa shape index (κ2) is 8.69. The summed E-state index contributed by atoms with van der Waals surface area (Å²) in [7, 11) is 0. The van der Waals surface area contributed by atoms with Crippen molar-refractivity contribution in [2.75, 3.05) is 13.1 Å². The average Bonchev–Trinajstić information content (AvgIpc) is 2.62. The zero-order valence-corrected chi connectivity index (χ0v) is 14.1. The Hall–Kier alpha value is -2.86. The smallest absolute Gasteiger partial charge is 0.236 e. The van der Waals surface area contributed by atoms with Crippen LogP contribution in [0.2, 0.25) is 0 Å². The maximum absolute atomic E-state index is 12.4. The van der Waals surface area contributed by atoms with Crippen LogP contribution in [0.3, 0.4) is 0 Å². The van der Waals surface area contributed by atoms with E-state index in [0.717, 1.165) is 11.1 Å². The summed E-state index contributed by atoms with van der Waals surface area (Å²) in [4.78, 5) is 26.5. The van der Waals surface area contributed by atoms with Gasteiger partial charge in [0.15, 0.2) is 0 Å². The molecule has 0 bridgehead atoms. The van der Waals surface area contributed by atoms with Crippen LogP contribution in [-0.4, -0.2) is 29.7 Å². The Morgan fingerprint density at radius 2 is 1.54 bits per heavy atom. The van der Waals surface area contributed by atoms with Gasteiger partial charge in [0.2, 0.25) is 11.7 Å². The number of ketones is 1. The molecule has 2 aromatic carbocycles. The first-order valence-electron chi connectivity index (χ1n) is 8.12. The molecule has 0 saturated heterocycles. The van der Waals surface area contributed by atoms with Crippen molar-refractivity contribution in [2.24, 2.45) is 0 Å². The van der Waals surface area contributed by atoms with Crippen LogP contribution in [-0.2, 0) is 11.2 Å². The van der Waals surface area contributed by atoms with Crippen molar-refractivity contribution < 1.29 is 9.59 Å². The van der Waals surface area contributed by atoms with Gasteiger partial charge in [0.1, 0.15) is 0 Å². The van der Waals surface area contributed by atoms with E-state index >= 15 is 0 Å². The molecule has 0 aliphatic carbocycles. The van der Waals surface area contributed by atoms with Crippen molar-refractivity contribution in [2.45, 2.75) is 20.3 Å². The summed E-state index contributed by atoms with van der Waals surface area (Å²) < 4.78 is 0. The Balaban J connectivity index is 2.21. The molecular weight excluding hydrogens is 298 g/mol. The van der Waals surface area contributed by atoms with Gasteiger partial charge in [0, 0.05) is 24.2 Å². The quantitative estimate of drug-likeness (QED) is 0.626. The van der Waals surface area contributed by atoms with E-state index in [9.17, 15) is 9.59 Å². The van der Waals surface area contributed by atoms with Crippen molar-refractivity contribution in [1.82, 2.24) is 4.90 Å². The van der Waals surface area contributed by atoms with Crippen LogP contribution in [0, 0.1) is 11.8 Å². The van der Waals surface area contributed by atoms with Crippen molar-refractivity contribution >= 4 is 11.7 Å². The fourth-order valence-electron chi connectivity index (χ4n) is 2.46. The molecule has 24 heavy (non-hydrogen) atoms. The van der Waals surface area contributed by atoms with E-state index in [1.807, 2.05) is 56.3 Å². The summed E-state index contributed by atoms with van der Waals surface area (Å²) in [5.74, 6) is 5.31. The summed E-state index contributed by atoms with van der Waals surface area (Å²) in [6.45, 7) is 5.23. The van der Waals surface area contributed by atoms with Crippen LogP contribution in [0.4, 0.5) is 0 Å². The molecule has 0 saturated carbocycles. The van der Waals surface area contributed by atoms with Crippen LogP contribution in [0.15, 0.2) is 54.6 Å². The standard InChI is InChI=1S/C21H21NO2/c1-3-22(4-2)21(24)16-18-12-8-9-13-19(18)20(23)15-14-17-10-6-5-7-11-17/h5-13H,3-4,16H2,1-2H3. The third kappa shape index (κ3) is 4.57. The van der Waals surface area contributed by atoms with Crippen LogP contribution in [0.1, 0.15) is 35.3 Å². The van der Waals surface area contributed by atoms with Crippen molar-refractivity contribution in [3.63, 3.8) is 0 Å². The highest BCUT2D eigenvalue weighted by Gasteiger charge is 2.15. The van der Waals surface area contributed by atoms with Crippen molar-refractivity contribution in [1.29, 1.82) is 0 Å². The fraction of sp³-hybridized carbons (Fsp3) is 0.238. The van der Waals surface area contributed by atoms with E-state index in [2.05, 4.69) is 11.8 Å². The highest BCUT2D eigenvalue weighted by atomic mass is 16.2. The van der Waals surface area contributed by atoms with E-state index in [1.54, 1.807) is 17.0 Å². The lowest BCUT2D eigenvalue weighted by molar-refractivity contribution is -0.130. The molecule has 2 aromatic rings. The van der Waals surface area contributed by atoms with Crippen molar-refractivity contribution in [3.8, 4) is 11.8 Å². The van der Waals surface area contributed by atoms with E-state index < -0.39 is 0 Å². The molecule has 0 aliphatic heterocycles. The number of carbonyl (C=O) groups excluding carboxylic acids is 2. The molecule has 122 valence electrons. The zero-order valence-electron chi connectivity index (χ0n) is 14.1. The van der Waals surface area contributed by atoms with Gasteiger partial charge in [-0.15, -0.1) is 0 Å². The summed E-state index contributed by atoms with van der Waals surface area (Å²) in [6.07, 6.45) is 0.219. The Morgan fingerprint density at radius 3 is 2.21 bits per heavy atom. The Labute approximate surface area is 143 Å². The van der Waals surface area contributed by atoms with E-state index in [0.29, 0.717) is 18.7 Å². The Morgan fingerprint density at radius 1 is 0.917 bits per heavy atom. The number of likely N-dealkylation sites (N-methyl/N-ethyl adjacent to an activating group) is 1. The molecule has 0 unspecified atom stereocenters. The summed E-state index contributed by atoms with van der Waals surface area (Å²) in [5, 5.41) is 0. The monoisotopic (exact) mass is 319 g/mol. The number of benzene rings is 2. The predicted molar refractivity (Wildman–Crippen MR) is 95.7 cm³/mol. The molecule has 0 atom stereocenters. The first kappa shape index (κ1) is 17.5. The van der Waals surface area contributed by atoms with Crippen LogP contribution < -0.4 is 0 Å². The minimum atomic E-state index is -0.262. The predicted octanol–water partition coefficient (Wildman–Crippen LogP) is 3.33. The number of hydrogen-bond acceptors (Lipinski definition) is 2. The molecular formula is C21H21NO2. The first-order valence-corrected chi connectivity index (χ1v) is 8.12. The number of carbonyl (C=O) groups is 2. The van der Waals surface area contributed by atoms with Gasteiger partial charge >= 0.3 is 0 Å². The number of amides is 1. The van der Waals surface area contributed by atoms with Crippen molar-refractivity contribution in [3.05, 3.63) is 71.3 Å². The van der Waals surface area contributed by atoms with E-state index in [-0.39, 0.29) is 18.1 Å². The summed E-state index contributed by atoms with van der Waals surface area (Å²) >= 11 is 0. The maximum atomic E-state index is 12.4. The number of rotatable bonds is 5. The molecule has 3 nitrogen and oxygen atoms in total. The topological polar surface area (TPSA) is 37.4 Å². The first-order chi connectivity index (χ1) is 11.7. The molecule has 3 heteroatoms. The van der Waals surface area contributed by atoms with Gasteiger partial charge in [0.25, 0.3) is 0 Å². The molecule has 0 radical (unpaired) electrons. The maximum Gasteiger partial charge on any atom is 0.236 e. The fourth-order valence-corrected chi connectivity index (χ4v) is 2.46. The molecule has 1 amide bonds. The number of Topliss-reactive ketones (excluding diaryl/α,β-unsaturated/α-hetero) is 1. The molecule has 0 N–H and O–H groups in total.